The fourth-order valence-electron chi connectivity index (χ4n) is 1.23. The molecule has 4 N–H and O–H groups in total. The Labute approximate surface area is 105 Å². The average Bonchev–Trinajstić information content (AvgIpc) is 2.75. The number of aryl methyl sites for hydroxylation is 1. The lowest BCUT2D eigenvalue weighted by Crippen LogP contribution is -2.17. The quantitative estimate of drug-likeness (QED) is 0.564. The van der Waals surface area contributed by atoms with Crippen molar-refractivity contribution in [3.63, 3.8) is 0 Å². The number of carbonyl (C=O) groups is 1. The maximum atomic E-state index is 13.7. The third-order valence-corrected chi connectivity index (χ3v) is 2.77. The van der Waals surface area contributed by atoms with Gasteiger partial charge >= 0.3 is 0 Å². The van der Waals surface area contributed by atoms with Gasteiger partial charge in [-0.2, -0.15) is 0 Å². The number of hydrogen-bond donors (Lipinski definition) is 3. The van der Waals surface area contributed by atoms with Crippen molar-refractivity contribution in [3.8, 4) is 0 Å². The highest BCUT2D eigenvalue weighted by Gasteiger charge is 2.16. The van der Waals surface area contributed by atoms with Gasteiger partial charge < -0.3 is 5.43 Å². The summed E-state index contributed by atoms with van der Waals surface area (Å²) in [5.74, 6) is 3.42. The first-order valence-electron chi connectivity index (χ1n) is 4.84. The van der Waals surface area contributed by atoms with Crippen LogP contribution in [0, 0.1) is 12.7 Å². The minimum absolute atomic E-state index is 0.175. The van der Waals surface area contributed by atoms with Gasteiger partial charge in [0, 0.05) is 6.20 Å². The zero-order valence-corrected chi connectivity index (χ0v) is 10.1. The van der Waals surface area contributed by atoms with E-state index < -0.39 is 11.7 Å². The molecule has 0 saturated heterocycles. The summed E-state index contributed by atoms with van der Waals surface area (Å²) >= 11 is 1.19. The summed E-state index contributed by atoms with van der Waals surface area (Å²) in [6, 6.07) is 1.25. The third-order valence-electron chi connectivity index (χ3n) is 2.02. The van der Waals surface area contributed by atoms with Gasteiger partial charge in [-0.15, -0.1) is 10.2 Å². The molecule has 2 heterocycles. The lowest BCUT2D eigenvalue weighted by molar-refractivity contribution is 0.102. The van der Waals surface area contributed by atoms with Crippen LogP contribution in [0.15, 0.2) is 12.3 Å². The lowest BCUT2D eigenvalue weighted by atomic mass is 10.2. The SMILES string of the molecule is Cc1nnc(NC(=O)c2ccnc(NN)c2F)s1. The monoisotopic (exact) mass is 268 g/mol. The van der Waals surface area contributed by atoms with Gasteiger partial charge in [0.1, 0.15) is 5.01 Å². The molecule has 0 bridgehead atoms. The number of nitrogens with zero attached hydrogens (tertiary/aromatic N) is 3. The molecule has 0 spiro atoms. The van der Waals surface area contributed by atoms with Gasteiger partial charge in [-0.1, -0.05) is 11.3 Å². The Kier molecular flexibility index (Phi) is 3.44. The number of carbonyl (C=O) groups excluding carboxylic acids is 1. The molecular weight excluding hydrogens is 259 g/mol. The van der Waals surface area contributed by atoms with Gasteiger partial charge in [0.2, 0.25) is 5.13 Å². The van der Waals surface area contributed by atoms with Crippen LogP contribution >= 0.6 is 11.3 Å². The second-order valence-corrected chi connectivity index (χ2v) is 4.43. The summed E-state index contributed by atoms with van der Waals surface area (Å²) < 4.78 is 13.7. The number of halogens is 1. The molecule has 0 aliphatic heterocycles. The van der Waals surface area contributed by atoms with E-state index in [0.717, 1.165) is 0 Å². The Hall–Kier alpha value is -2.13. The van der Waals surface area contributed by atoms with Crippen molar-refractivity contribution in [1.29, 1.82) is 0 Å². The second kappa shape index (κ2) is 5.02. The molecule has 0 atom stereocenters. The molecule has 0 fully saturated rings. The molecule has 94 valence electrons. The number of amides is 1. The predicted octanol–water partition coefficient (Wildman–Crippen LogP) is 0.919. The fourth-order valence-corrected chi connectivity index (χ4v) is 1.82. The zero-order valence-electron chi connectivity index (χ0n) is 9.27. The lowest BCUT2D eigenvalue weighted by Gasteiger charge is -2.05. The molecule has 0 unspecified atom stereocenters. The van der Waals surface area contributed by atoms with Gasteiger partial charge in [0.15, 0.2) is 11.6 Å². The molecule has 2 aromatic rings. The first-order valence-corrected chi connectivity index (χ1v) is 5.66. The first kappa shape index (κ1) is 12.3. The van der Waals surface area contributed by atoms with E-state index >= 15 is 0 Å². The summed E-state index contributed by atoms with van der Waals surface area (Å²) in [4.78, 5) is 15.4. The van der Waals surface area contributed by atoms with E-state index in [4.69, 9.17) is 5.84 Å². The predicted molar refractivity (Wildman–Crippen MR) is 64.6 cm³/mol. The smallest absolute Gasteiger partial charge is 0.260 e. The van der Waals surface area contributed by atoms with Crippen LogP contribution in [-0.2, 0) is 0 Å². The van der Waals surface area contributed by atoms with Gasteiger partial charge in [-0.25, -0.2) is 15.2 Å². The van der Waals surface area contributed by atoms with E-state index in [2.05, 4.69) is 25.9 Å². The number of hydrazine groups is 1. The van der Waals surface area contributed by atoms with Crippen LogP contribution in [0.2, 0.25) is 0 Å². The Balaban J connectivity index is 2.24. The fraction of sp³-hybridized carbons (Fsp3) is 0.111. The van der Waals surface area contributed by atoms with Crippen LogP contribution < -0.4 is 16.6 Å². The van der Waals surface area contributed by atoms with E-state index in [9.17, 15) is 9.18 Å². The number of aromatic nitrogens is 3. The van der Waals surface area contributed by atoms with Crippen molar-refractivity contribution in [2.45, 2.75) is 6.92 Å². The number of rotatable bonds is 3. The molecule has 18 heavy (non-hydrogen) atoms. The molecule has 1 amide bonds. The topological polar surface area (TPSA) is 106 Å². The minimum atomic E-state index is -0.821. The molecule has 2 aromatic heterocycles. The van der Waals surface area contributed by atoms with Crippen LogP contribution in [0.1, 0.15) is 15.4 Å². The highest BCUT2D eigenvalue weighted by molar-refractivity contribution is 7.15. The Morgan fingerprint density at radius 3 is 2.89 bits per heavy atom. The Morgan fingerprint density at radius 2 is 2.28 bits per heavy atom. The average molecular weight is 268 g/mol. The van der Waals surface area contributed by atoms with Crippen molar-refractivity contribution in [1.82, 2.24) is 15.2 Å². The van der Waals surface area contributed by atoms with Gasteiger partial charge in [-0.3, -0.25) is 10.1 Å². The molecule has 0 aliphatic rings. The third kappa shape index (κ3) is 2.41. The van der Waals surface area contributed by atoms with Crippen LogP contribution in [0.5, 0.6) is 0 Å². The van der Waals surface area contributed by atoms with E-state index in [1.165, 1.54) is 23.6 Å². The summed E-state index contributed by atoms with van der Waals surface area (Å²) in [6.45, 7) is 1.75. The summed E-state index contributed by atoms with van der Waals surface area (Å²) in [5.41, 5.74) is 1.89. The number of nitrogens with one attached hydrogen (secondary N) is 2. The zero-order chi connectivity index (χ0) is 13.1. The molecular formula is C9H9FN6OS. The van der Waals surface area contributed by atoms with Crippen molar-refractivity contribution >= 4 is 28.2 Å². The standard InChI is InChI=1S/C9H9FN6OS/c1-4-15-16-9(18-4)13-8(17)5-2-3-12-7(14-11)6(5)10/h2-3H,11H2,1H3,(H,12,14)(H,13,16,17). The number of hydrogen-bond acceptors (Lipinski definition) is 7. The van der Waals surface area contributed by atoms with Crippen molar-refractivity contribution < 1.29 is 9.18 Å². The highest BCUT2D eigenvalue weighted by atomic mass is 32.1. The van der Waals surface area contributed by atoms with Crippen LogP contribution in [0.3, 0.4) is 0 Å². The van der Waals surface area contributed by atoms with Crippen LogP contribution in [0.25, 0.3) is 0 Å². The van der Waals surface area contributed by atoms with Crippen molar-refractivity contribution in [3.05, 3.63) is 28.7 Å². The largest absolute Gasteiger partial charge is 0.306 e. The maximum absolute atomic E-state index is 13.7. The number of nitrogen functional groups attached to an aromatic ring is 1. The van der Waals surface area contributed by atoms with Crippen molar-refractivity contribution in [2.24, 2.45) is 5.84 Å². The van der Waals surface area contributed by atoms with Gasteiger partial charge in [-0.05, 0) is 13.0 Å². The van der Waals surface area contributed by atoms with E-state index in [1.807, 2.05) is 0 Å². The number of anilines is 2. The number of pyridine rings is 1. The maximum Gasteiger partial charge on any atom is 0.260 e. The molecule has 2 rings (SSSR count). The van der Waals surface area contributed by atoms with Crippen molar-refractivity contribution in [2.75, 3.05) is 10.7 Å². The molecule has 0 aromatic carbocycles. The Morgan fingerprint density at radius 1 is 1.50 bits per heavy atom. The van der Waals surface area contributed by atoms with E-state index in [-0.39, 0.29) is 11.4 Å². The summed E-state index contributed by atoms with van der Waals surface area (Å²) in [6.07, 6.45) is 1.28. The van der Waals surface area contributed by atoms with Crippen LogP contribution in [-0.4, -0.2) is 21.1 Å². The van der Waals surface area contributed by atoms with E-state index in [0.29, 0.717) is 10.1 Å². The second-order valence-electron chi connectivity index (χ2n) is 3.25. The highest BCUT2D eigenvalue weighted by Crippen LogP contribution is 2.18. The first-order chi connectivity index (χ1) is 8.61. The van der Waals surface area contributed by atoms with E-state index in [1.54, 1.807) is 6.92 Å². The minimum Gasteiger partial charge on any atom is -0.306 e. The number of nitrogens with two attached hydrogens (primary N) is 1. The van der Waals surface area contributed by atoms with Gasteiger partial charge in [0.05, 0.1) is 5.56 Å². The molecule has 9 heteroatoms. The van der Waals surface area contributed by atoms with Gasteiger partial charge in [0.25, 0.3) is 5.91 Å². The molecule has 0 saturated carbocycles. The molecule has 7 nitrogen and oxygen atoms in total. The summed E-state index contributed by atoms with van der Waals surface area (Å²) in [5, 5.41) is 10.9. The normalized spacial score (nSPS) is 10.2. The Bertz CT molecular complexity index is 586. The molecule has 0 radical (unpaired) electrons. The molecule has 0 aliphatic carbocycles. The summed E-state index contributed by atoms with van der Waals surface area (Å²) in [7, 11) is 0. The van der Waals surface area contributed by atoms with Crippen LogP contribution in [0.4, 0.5) is 15.3 Å².